The Labute approximate surface area is 110 Å². The van der Waals surface area contributed by atoms with Crippen molar-refractivity contribution in [3.05, 3.63) is 29.6 Å². The highest BCUT2D eigenvalue weighted by Gasteiger charge is 2.30. The van der Waals surface area contributed by atoms with Crippen molar-refractivity contribution in [2.45, 2.75) is 52.6 Å². The van der Waals surface area contributed by atoms with Crippen molar-refractivity contribution in [2.24, 2.45) is 17.8 Å². The Morgan fingerprint density at radius 3 is 2.78 bits per heavy atom. The van der Waals surface area contributed by atoms with Gasteiger partial charge in [-0.15, -0.1) is 0 Å². The van der Waals surface area contributed by atoms with Gasteiger partial charge in [-0.3, -0.25) is 4.98 Å². The molecule has 1 heterocycles. The summed E-state index contributed by atoms with van der Waals surface area (Å²) in [7, 11) is 0. The van der Waals surface area contributed by atoms with E-state index in [0.717, 1.165) is 36.7 Å². The molecule has 0 radical (unpaired) electrons. The van der Waals surface area contributed by atoms with Crippen LogP contribution in [0.5, 0.6) is 0 Å². The first-order valence-corrected chi connectivity index (χ1v) is 7.24. The highest BCUT2D eigenvalue weighted by atomic mass is 16.3. The van der Waals surface area contributed by atoms with Gasteiger partial charge in [0.1, 0.15) is 0 Å². The topological polar surface area (TPSA) is 33.1 Å². The predicted octanol–water partition coefficient (Wildman–Crippen LogP) is 3.75. The van der Waals surface area contributed by atoms with E-state index in [1.807, 2.05) is 12.3 Å². The first-order valence-electron chi connectivity index (χ1n) is 7.24. The summed E-state index contributed by atoms with van der Waals surface area (Å²) >= 11 is 0. The van der Waals surface area contributed by atoms with E-state index in [0.29, 0.717) is 5.92 Å². The summed E-state index contributed by atoms with van der Waals surface area (Å²) < 4.78 is 0. The van der Waals surface area contributed by atoms with Crippen LogP contribution in [0.1, 0.15) is 57.3 Å². The average Bonchev–Trinajstić information content (AvgIpc) is 2.41. The molecule has 4 atom stereocenters. The van der Waals surface area contributed by atoms with Crippen LogP contribution in [0.2, 0.25) is 0 Å². The van der Waals surface area contributed by atoms with Crippen molar-refractivity contribution in [3.8, 4) is 0 Å². The van der Waals surface area contributed by atoms with Crippen molar-refractivity contribution < 1.29 is 5.11 Å². The fourth-order valence-corrected chi connectivity index (χ4v) is 3.15. The van der Waals surface area contributed by atoms with Gasteiger partial charge in [-0.25, -0.2) is 0 Å². The zero-order chi connectivity index (χ0) is 13.1. The number of pyridine rings is 1. The fourth-order valence-electron chi connectivity index (χ4n) is 3.15. The minimum atomic E-state index is -0.308. The molecule has 0 amide bonds. The Bertz CT molecular complexity index is 390. The number of rotatable bonds is 3. The molecule has 0 saturated heterocycles. The van der Waals surface area contributed by atoms with Crippen molar-refractivity contribution in [2.75, 3.05) is 0 Å². The zero-order valence-corrected chi connectivity index (χ0v) is 11.8. The van der Waals surface area contributed by atoms with E-state index in [1.54, 1.807) is 6.20 Å². The standard InChI is InChI=1S/C16H25NO/c1-4-13-10-17-8-7-15(13)16(18)14-6-5-11(2)12(3)9-14/h7-8,10-12,14,16,18H,4-6,9H2,1-3H3. The molecule has 1 N–H and O–H groups in total. The van der Waals surface area contributed by atoms with Crippen LogP contribution in [0.3, 0.4) is 0 Å². The third-order valence-corrected chi connectivity index (χ3v) is 4.73. The molecule has 1 aliphatic carbocycles. The zero-order valence-electron chi connectivity index (χ0n) is 11.8. The lowest BCUT2D eigenvalue weighted by Crippen LogP contribution is -2.25. The van der Waals surface area contributed by atoms with Gasteiger partial charge in [0.15, 0.2) is 0 Å². The monoisotopic (exact) mass is 247 g/mol. The molecule has 0 bridgehead atoms. The van der Waals surface area contributed by atoms with E-state index in [9.17, 15) is 5.11 Å². The van der Waals surface area contributed by atoms with Gasteiger partial charge < -0.3 is 5.11 Å². The maximum atomic E-state index is 10.6. The van der Waals surface area contributed by atoms with Gasteiger partial charge in [0, 0.05) is 12.4 Å². The average molecular weight is 247 g/mol. The van der Waals surface area contributed by atoms with Crippen LogP contribution in [0.15, 0.2) is 18.5 Å². The number of aromatic nitrogens is 1. The SMILES string of the molecule is CCc1cnccc1C(O)C1CCC(C)C(C)C1. The van der Waals surface area contributed by atoms with Gasteiger partial charge in [-0.05, 0) is 54.2 Å². The molecule has 0 aliphatic heterocycles. The number of aryl methyl sites for hydroxylation is 1. The summed E-state index contributed by atoms with van der Waals surface area (Å²) in [5.74, 6) is 1.95. The Kier molecular flexibility index (Phi) is 4.39. The first kappa shape index (κ1) is 13.5. The lowest BCUT2D eigenvalue weighted by atomic mass is 9.72. The van der Waals surface area contributed by atoms with Gasteiger partial charge in [0.2, 0.25) is 0 Å². The predicted molar refractivity (Wildman–Crippen MR) is 74.2 cm³/mol. The van der Waals surface area contributed by atoms with Crippen LogP contribution in [0.25, 0.3) is 0 Å². The smallest absolute Gasteiger partial charge is 0.0822 e. The molecular formula is C16H25NO. The van der Waals surface area contributed by atoms with E-state index in [4.69, 9.17) is 0 Å². The Morgan fingerprint density at radius 1 is 1.33 bits per heavy atom. The van der Waals surface area contributed by atoms with Crippen LogP contribution in [0.4, 0.5) is 0 Å². The molecule has 4 unspecified atom stereocenters. The van der Waals surface area contributed by atoms with Crippen molar-refractivity contribution >= 4 is 0 Å². The summed E-state index contributed by atoms with van der Waals surface area (Å²) in [6, 6.07) is 1.99. The molecule has 0 aromatic carbocycles. The quantitative estimate of drug-likeness (QED) is 0.882. The minimum Gasteiger partial charge on any atom is -0.388 e. The van der Waals surface area contributed by atoms with Crippen LogP contribution in [0, 0.1) is 17.8 Å². The molecule has 0 spiro atoms. The number of nitrogens with zero attached hydrogens (tertiary/aromatic N) is 1. The second kappa shape index (κ2) is 5.83. The third kappa shape index (κ3) is 2.74. The van der Waals surface area contributed by atoms with E-state index in [1.165, 1.54) is 12.0 Å². The van der Waals surface area contributed by atoms with E-state index in [-0.39, 0.29) is 6.10 Å². The third-order valence-electron chi connectivity index (χ3n) is 4.73. The van der Waals surface area contributed by atoms with Crippen molar-refractivity contribution in [3.63, 3.8) is 0 Å². The lowest BCUT2D eigenvalue weighted by molar-refractivity contribution is 0.0554. The molecule has 1 aromatic rings. The van der Waals surface area contributed by atoms with Gasteiger partial charge in [0.05, 0.1) is 6.10 Å². The molecule has 18 heavy (non-hydrogen) atoms. The summed E-state index contributed by atoms with van der Waals surface area (Å²) in [5.41, 5.74) is 2.29. The first-order chi connectivity index (χ1) is 8.63. The number of aliphatic hydroxyl groups excluding tert-OH is 1. The summed E-state index contributed by atoms with van der Waals surface area (Å²) in [6.07, 6.45) is 7.87. The second-order valence-electron chi connectivity index (χ2n) is 5.90. The van der Waals surface area contributed by atoms with Crippen LogP contribution < -0.4 is 0 Å². The second-order valence-corrected chi connectivity index (χ2v) is 5.90. The molecule has 100 valence electrons. The maximum absolute atomic E-state index is 10.6. The summed E-state index contributed by atoms with van der Waals surface area (Å²) in [6.45, 7) is 6.77. The fraction of sp³-hybridized carbons (Fsp3) is 0.688. The number of aliphatic hydroxyl groups is 1. The highest BCUT2D eigenvalue weighted by molar-refractivity contribution is 5.26. The highest BCUT2D eigenvalue weighted by Crippen LogP contribution is 2.40. The Balaban J connectivity index is 2.13. The largest absolute Gasteiger partial charge is 0.388 e. The molecular weight excluding hydrogens is 222 g/mol. The molecule has 1 aromatic heterocycles. The Hall–Kier alpha value is -0.890. The van der Waals surface area contributed by atoms with Gasteiger partial charge in [-0.1, -0.05) is 27.2 Å². The van der Waals surface area contributed by atoms with Crippen LogP contribution in [-0.2, 0) is 6.42 Å². The van der Waals surface area contributed by atoms with E-state index < -0.39 is 0 Å². The number of hydrogen-bond acceptors (Lipinski definition) is 2. The van der Waals surface area contributed by atoms with Crippen LogP contribution >= 0.6 is 0 Å². The van der Waals surface area contributed by atoms with E-state index >= 15 is 0 Å². The lowest BCUT2D eigenvalue weighted by Gasteiger charge is -2.35. The molecule has 1 fully saturated rings. The molecule has 2 heteroatoms. The van der Waals surface area contributed by atoms with Gasteiger partial charge in [-0.2, -0.15) is 0 Å². The normalized spacial score (nSPS) is 30.1. The van der Waals surface area contributed by atoms with Gasteiger partial charge in [0.25, 0.3) is 0 Å². The summed E-state index contributed by atoms with van der Waals surface area (Å²) in [5, 5.41) is 10.6. The molecule has 2 rings (SSSR count). The van der Waals surface area contributed by atoms with E-state index in [2.05, 4.69) is 25.8 Å². The van der Waals surface area contributed by atoms with Crippen molar-refractivity contribution in [1.29, 1.82) is 0 Å². The maximum Gasteiger partial charge on any atom is 0.0822 e. The molecule has 1 saturated carbocycles. The minimum absolute atomic E-state index is 0.308. The molecule has 2 nitrogen and oxygen atoms in total. The van der Waals surface area contributed by atoms with Crippen LogP contribution in [-0.4, -0.2) is 10.1 Å². The van der Waals surface area contributed by atoms with Gasteiger partial charge >= 0.3 is 0 Å². The number of hydrogen-bond donors (Lipinski definition) is 1. The summed E-state index contributed by atoms with van der Waals surface area (Å²) in [4.78, 5) is 4.16. The molecule has 1 aliphatic rings. The van der Waals surface area contributed by atoms with Crippen molar-refractivity contribution in [1.82, 2.24) is 4.98 Å². The Morgan fingerprint density at radius 2 is 2.11 bits per heavy atom.